The fraction of sp³-hybridized carbons (Fsp3) is 0.444. The maximum absolute atomic E-state index is 12.3. The van der Waals surface area contributed by atoms with Gasteiger partial charge in [-0.1, -0.05) is 25.6 Å². The fourth-order valence-corrected chi connectivity index (χ4v) is 2.09. The summed E-state index contributed by atoms with van der Waals surface area (Å²) >= 11 is 1.44. The molecule has 0 atom stereocenters. The molecule has 15 heavy (non-hydrogen) atoms. The molecule has 0 saturated heterocycles. The van der Waals surface area contributed by atoms with Crippen molar-refractivity contribution in [2.24, 2.45) is 0 Å². The van der Waals surface area contributed by atoms with E-state index in [0.717, 1.165) is 0 Å². The first-order valence-electron chi connectivity index (χ1n) is 4.74. The van der Waals surface area contributed by atoms with Crippen LogP contribution in [0.3, 0.4) is 0 Å². The van der Waals surface area contributed by atoms with Gasteiger partial charge >= 0.3 is 6.98 Å². The molecule has 1 aromatic rings. The molecule has 0 N–H and O–H groups in total. The third-order valence-electron chi connectivity index (χ3n) is 1.66. The van der Waals surface area contributed by atoms with Gasteiger partial charge in [0.05, 0.1) is 0 Å². The molecule has 6 heteroatoms. The van der Waals surface area contributed by atoms with Crippen LogP contribution in [0.15, 0.2) is 29.4 Å². The van der Waals surface area contributed by atoms with Crippen LogP contribution < -0.4 is 4.57 Å². The Hall–Kier alpha value is -0.645. The summed E-state index contributed by atoms with van der Waals surface area (Å²) in [5, 5.41) is 0.936. The summed E-state index contributed by atoms with van der Waals surface area (Å²) in [4.78, 5) is 0. The van der Waals surface area contributed by atoms with Gasteiger partial charge < -0.3 is 12.9 Å². The minimum Gasteiger partial charge on any atom is -0.445 e. The first-order chi connectivity index (χ1) is 6.88. The number of hydrogen-bond acceptors (Lipinski definition) is 1. The normalized spacial score (nSPS) is 12.1. The van der Waals surface area contributed by atoms with Crippen LogP contribution in [0.25, 0.3) is 0 Å². The highest BCUT2D eigenvalue weighted by Gasteiger charge is 2.30. The van der Waals surface area contributed by atoms with E-state index in [1.165, 1.54) is 22.5 Å². The zero-order chi connectivity index (χ0) is 11.5. The molecule has 0 amide bonds. The summed E-state index contributed by atoms with van der Waals surface area (Å²) in [6.07, 6.45) is 0.607. The van der Waals surface area contributed by atoms with Crippen LogP contribution in [0, 0.1) is 0 Å². The van der Waals surface area contributed by atoms with E-state index in [2.05, 4.69) is 0 Å². The largest absolute Gasteiger partial charge is 0.542 e. The highest BCUT2D eigenvalue weighted by Crippen LogP contribution is 2.19. The van der Waals surface area contributed by atoms with Gasteiger partial charge in [0.2, 0.25) is 5.03 Å². The van der Waals surface area contributed by atoms with Crippen molar-refractivity contribution in [3.63, 3.8) is 0 Å². The summed E-state index contributed by atoms with van der Waals surface area (Å²) in [5.41, 5.74) is 0. The van der Waals surface area contributed by atoms with Gasteiger partial charge in [-0.2, -0.15) is 0 Å². The molecule has 1 aromatic heterocycles. The summed E-state index contributed by atoms with van der Waals surface area (Å²) in [7, 11) is 0. The third kappa shape index (κ3) is 4.60. The lowest BCUT2D eigenvalue weighted by Crippen LogP contribution is -2.45. The van der Waals surface area contributed by atoms with E-state index in [1.807, 2.05) is 13.8 Å². The van der Waals surface area contributed by atoms with Crippen molar-refractivity contribution >= 4 is 18.7 Å². The Bertz CT molecular complexity index is 327. The molecule has 0 aliphatic carbocycles. The van der Waals surface area contributed by atoms with Crippen molar-refractivity contribution in [1.82, 2.24) is 0 Å². The number of hydrogen-bond donors (Lipinski definition) is 0. The van der Waals surface area contributed by atoms with E-state index in [1.54, 1.807) is 18.2 Å². The van der Waals surface area contributed by atoms with Gasteiger partial charge in [-0.15, -0.1) is 0 Å². The molecule has 84 valence electrons. The van der Waals surface area contributed by atoms with Crippen LogP contribution in [-0.4, -0.2) is 12.2 Å². The van der Waals surface area contributed by atoms with E-state index in [0.29, 0.717) is 5.03 Å². The van der Waals surface area contributed by atoms with Gasteiger partial charge in [0.1, 0.15) is 6.44 Å². The molecule has 0 bridgehead atoms. The van der Waals surface area contributed by atoms with Crippen LogP contribution in [0.2, 0.25) is 0 Å². The van der Waals surface area contributed by atoms with Crippen LogP contribution >= 0.6 is 11.8 Å². The van der Waals surface area contributed by atoms with Crippen LogP contribution in [0.1, 0.15) is 13.8 Å². The molecule has 1 heterocycles. The summed E-state index contributed by atoms with van der Waals surface area (Å²) in [6, 6.07) is 5.09. The summed E-state index contributed by atoms with van der Waals surface area (Å²) in [6.45, 7) is -0.863. The molecule has 0 unspecified atom stereocenters. The predicted molar refractivity (Wildman–Crippen MR) is 56.7 cm³/mol. The number of rotatable bonds is 4. The van der Waals surface area contributed by atoms with Gasteiger partial charge in [0.15, 0.2) is 6.20 Å². The van der Waals surface area contributed by atoms with Crippen molar-refractivity contribution in [3.8, 4) is 0 Å². The molecule has 1 nitrogen and oxygen atoms in total. The van der Waals surface area contributed by atoms with E-state index in [-0.39, 0.29) is 5.25 Å². The molecule has 0 aromatic carbocycles. The SMILES string of the molecule is CC(C)Sc1cccc[n+]1C[B-](F)(F)F. The zero-order valence-electron chi connectivity index (χ0n) is 8.66. The standard InChI is InChI=1S/C9H13BF3NS/c1-8(2)15-9-5-3-4-6-14(9)7-10(11,12)13/h3-6,8H,7H2,1-2H3. The average Bonchev–Trinajstić information content (AvgIpc) is 2.05. The van der Waals surface area contributed by atoms with E-state index in [4.69, 9.17) is 0 Å². The molecular formula is C9H13BF3NS. The zero-order valence-corrected chi connectivity index (χ0v) is 9.48. The lowest BCUT2D eigenvalue weighted by molar-refractivity contribution is -0.720. The first kappa shape index (κ1) is 12.4. The van der Waals surface area contributed by atoms with Crippen LogP contribution in [0.4, 0.5) is 12.9 Å². The van der Waals surface area contributed by atoms with E-state index in [9.17, 15) is 12.9 Å². The molecule has 0 fully saturated rings. The maximum Gasteiger partial charge on any atom is 0.542 e. The van der Waals surface area contributed by atoms with Crippen molar-refractivity contribution in [2.75, 3.05) is 0 Å². The lowest BCUT2D eigenvalue weighted by atomic mass is 9.92. The minimum absolute atomic E-state index is 0.277. The molecule has 0 spiro atoms. The Morgan fingerprint density at radius 1 is 1.33 bits per heavy atom. The second kappa shape index (κ2) is 4.92. The average molecular weight is 235 g/mol. The van der Waals surface area contributed by atoms with Crippen molar-refractivity contribution < 1.29 is 17.5 Å². The molecular weight excluding hydrogens is 222 g/mol. The van der Waals surface area contributed by atoms with Crippen molar-refractivity contribution in [1.29, 1.82) is 0 Å². The topological polar surface area (TPSA) is 3.88 Å². The molecule has 0 aliphatic rings. The van der Waals surface area contributed by atoms with Gasteiger partial charge in [-0.25, -0.2) is 4.57 Å². The van der Waals surface area contributed by atoms with Crippen LogP contribution in [-0.2, 0) is 6.44 Å². The Morgan fingerprint density at radius 3 is 2.53 bits per heavy atom. The lowest BCUT2D eigenvalue weighted by Gasteiger charge is -2.12. The van der Waals surface area contributed by atoms with Gasteiger partial charge in [-0.3, -0.25) is 0 Å². The quantitative estimate of drug-likeness (QED) is 0.441. The molecule has 0 radical (unpaired) electrons. The van der Waals surface area contributed by atoms with E-state index < -0.39 is 13.4 Å². The van der Waals surface area contributed by atoms with Gasteiger partial charge in [0, 0.05) is 17.4 Å². The van der Waals surface area contributed by atoms with Crippen molar-refractivity contribution in [3.05, 3.63) is 24.4 Å². The third-order valence-corrected chi connectivity index (χ3v) is 2.74. The second-order valence-electron chi connectivity index (χ2n) is 3.57. The molecule has 1 rings (SSSR count). The van der Waals surface area contributed by atoms with Crippen LogP contribution in [0.5, 0.6) is 0 Å². The number of thioether (sulfide) groups is 1. The number of nitrogens with zero attached hydrogens (tertiary/aromatic N) is 1. The highest BCUT2D eigenvalue weighted by molar-refractivity contribution is 7.99. The van der Waals surface area contributed by atoms with Gasteiger partial charge in [0.25, 0.3) is 0 Å². The smallest absolute Gasteiger partial charge is 0.445 e. The van der Waals surface area contributed by atoms with Gasteiger partial charge in [-0.05, 0) is 6.07 Å². The Kier molecular flexibility index (Phi) is 4.08. The molecule has 0 aliphatic heterocycles. The monoisotopic (exact) mass is 235 g/mol. The minimum atomic E-state index is -4.78. The highest BCUT2D eigenvalue weighted by atomic mass is 32.2. The number of aromatic nitrogens is 1. The predicted octanol–water partition coefficient (Wildman–Crippen LogP) is 2.86. The Morgan fingerprint density at radius 2 is 2.00 bits per heavy atom. The maximum atomic E-state index is 12.3. The fourth-order valence-electron chi connectivity index (χ4n) is 1.18. The first-order valence-corrected chi connectivity index (χ1v) is 5.62. The number of pyridine rings is 1. The van der Waals surface area contributed by atoms with E-state index >= 15 is 0 Å². The Balaban J connectivity index is 2.86. The van der Waals surface area contributed by atoms with Crippen molar-refractivity contribution in [2.45, 2.75) is 30.6 Å². The summed E-state index contributed by atoms with van der Waals surface area (Å²) in [5.74, 6) is 0. The summed E-state index contributed by atoms with van der Waals surface area (Å²) < 4.78 is 38.1. The number of halogens is 3. The second-order valence-corrected chi connectivity index (χ2v) is 5.16. The Labute approximate surface area is 91.7 Å². The molecule has 0 saturated carbocycles.